The van der Waals surface area contributed by atoms with Crippen LogP contribution in [-0.4, -0.2) is 26.5 Å². The average Bonchev–Trinajstić information content (AvgIpc) is 2.60. The summed E-state index contributed by atoms with van der Waals surface area (Å²) >= 11 is 0. The molecule has 132 valence electrons. The maximum atomic E-state index is 13.3. The maximum Gasteiger partial charge on any atom is 0.271 e. The maximum absolute atomic E-state index is 13.3. The predicted molar refractivity (Wildman–Crippen MR) is 93.5 cm³/mol. The largest absolute Gasteiger partial charge is 0.495 e. The van der Waals surface area contributed by atoms with Crippen molar-refractivity contribution in [1.82, 2.24) is 0 Å². The minimum atomic E-state index is -4.02. The summed E-state index contributed by atoms with van der Waals surface area (Å²) in [6.07, 6.45) is 1.46. The van der Waals surface area contributed by atoms with Crippen LogP contribution in [0.5, 0.6) is 5.75 Å². The van der Waals surface area contributed by atoms with Crippen molar-refractivity contribution in [2.24, 2.45) is 0 Å². The van der Waals surface area contributed by atoms with E-state index in [1.807, 2.05) is 19.1 Å². The Balaban J connectivity index is 2.20. The summed E-state index contributed by atoms with van der Waals surface area (Å²) in [7, 11) is -2.68. The number of fused-ring (bicyclic) bond motifs is 1. The molecule has 0 saturated carbocycles. The molecule has 0 spiro atoms. The van der Waals surface area contributed by atoms with E-state index >= 15 is 0 Å². The molecule has 1 aliphatic rings. The van der Waals surface area contributed by atoms with Crippen molar-refractivity contribution >= 4 is 21.4 Å². The Kier molecular flexibility index (Phi) is 4.38. The van der Waals surface area contributed by atoms with Gasteiger partial charge in [0.15, 0.2) is 0 Å². The first-order chi connectivity index (χ1) is 11.9. The average molecular weight is 362 g/mol. The fourth-order valence-corrected chi connectivity index (χ4v) is 5.01. The second kappa shape index (κ2) is 6.36. The van der Waals surface area contributed by atoms with Gasteiger partial charge in [-0.05, 0) is 37.5 Å². The Labute approximate surface area is 146 Å². The lowest BCUT2D eigenvalue weighted by Crippen LogP contribution is -2.42. The van der Waals surface area contributed by atoms with E-state index in [-0.39, 0.29) is 22.4 Å². The third kappa shape index (κ3) is 2.93. The van der Waals surface area contributed by atoms with Crippen LogP contribution in [0.2, 0.25) is 0 Å². The first kappa shape index (κ1) is 17.2. The molecular weight excluding hydrogens is 344 g/mol. The zero-order valence-corrected chi connectivity index (χ0v) is 14.7. The number of benzene rings is 2. The van der Waals surface area contributed by atoms with Crippen LogP contribution in [0.25, 0.3) is 0 Å². The highest BCUT2D eigenvalue weighted by Crippen LogP contribution is 2.38. The molecule has 0 radical (unpaired) electrons. The van der Waals surface area contributed by atoms with Crippen LogP contribution in [0.4, 0.5) is 11.4 Å². The van der Waals surface area contributed by atoms with Crippen molar-refractivity contribution in [3.63, 3.8) is 0 Å². The van der Waals surface area contributed by atoms with Crippen molar-refractivity contribution in [3.05, 3.63) is 58.1 Å². The predicted octanol–water partition coefficient (Wildman–Crippen LogP) is 3.13. The van der Waals surface area contributed by atoms with Crippen molar-refractivity contribution in [2.75, 3.05) is 11.4 Å². The number of rotatable bonds is 4. The molecule has 2 aromatic rings. The summed E-state index contributed by atoms with van der Waals surface area (Å²) in [6, 6.07) is 10.6. The number of methoxy groups -OCH3 is 1. The number of aryl methyl sites for hydroxylation is 1. The minimum absolute atomic E-state index is 0.0841. The zero-order valence-electron chi connectivity index (χ0n) is 13.9. The lowest BCUT2D eigenvalue weighted by Gasteiger charge is -2.36. The van der Waals surface area contributed by atoms with Crippen molar-refractivity contribution < 1.29 is 18.1 Å². The molecule has 0 bridgehead atoms. The summed E-state index contributed by atoms with van der Waals surface area (Å²) in [5, 5.41) is 11.1. The summed E-state index contributed by atoms with van der Waals surface area (Å²) < 4.78 is 33.2. The number of non-ortho nitro benzene ring substituents is 1. The van der Waals surface area contributed by atoms with E-state index in [1.165, 1.54) is 23.5 Å². The Hall–Kier alpha value is -2.61. The second-order valence-electron chi connectivity index (χ2n) is 5.91. The van der Waals surface area contributed by atoms with Gasteiger partial charge in [0.1, 0.15) is 10.6 Å². The van der Waals surface area contributed by atoms with Crippen LogP contribution in [0, 0.1) is 10.1 Å². The monoisotopic (exact) mass is 362 g/mol. The van der Waals surface area contributed by atoms with Gasteiger partial charge in [0.05, 0.1) is 17.7 Å². The summed E-state index contributed by atoms with van der Waals surface area (Å²) in [5.74, 6) is 0.0841. The van der Waals surface area contributed by atoms with Gasteiger partial charge in [-0.1, -0.05) is 18.2 Å². The number of hydrogen-bond donors (Lipinski definition) is 0. The number of nitrogens with zero attached hydrogens (tertiary/aromatic N) is 2. The summed E-state index contributed by atoms with van der Waals surface area (Å²) in [5.41, 5.74) is 1.25. The Morgan fingerprint density at radius 1 is 1.24 bits per heavy atom. The van der Waals surface area contributed by atoms with E-state index in [0.717, 1.165) is 18.1 Å². The van der Waals surface area contributed by atoms with E-state index in [9.17, 15) is 18.5 Å². The SMILES string of the molecule is COc1ccc([N+](=O)[O-])cc1S(=O)(=O)N1c2ccccc2CC[C@@H]1C. The third-order valence-corrected chi connectivity index (χ3v) is 6.31. The molecule has 7 nitrogen and oxygen atoms in total. The van der Waals surface area contributed by atoms with Gasteiger partial charge in [-0.15, -0.1) is 0 Å². The van der Waals surface area contributed by atoms with Gasteiger partial charge in [0.2, 0.25) is 0 Å². The summed E-state index contributed by atoms with van der Waals surface area (Å²) in [6.45, 7) is 1.83. The van der Waals surface area contributed by atoms with E-state index in [2.05, 4.69) is 0 Å². The molecule has 3 rings (SSSR count). The number of nitro benzene ring substituents is 1. The lowest BCUT2D eigenvalue weighted by atomic mass is 9.99. The van der Waals surface area contributed by atoms with Crippen LogP contribution < -0.4 is 9.04 Å². The minimum Gasteiger partial charge on any atom is -0.495 e. The topological polar surface area (TPSA) is 89.7 Å². The number of para-hydroxylation sites is 1. The van der Waals surface area contributed by atoms with E-state index in [0.29, 0.717) is 12.1 Å². The molecule has 1 heterocycles. The Bertz CT molecular complexity index is 926. The molecule has 1 aliphatic heterocycles. The van der Waals surface area contributed by atoms with Crippen molar-refractivity contribution in [2.45, 2.75) is 30.7 Å². The molecule has 0 saturated heterocycles. The zero-order chi connectivity index (χ0) is 18.2. The second-order valence-corrected chi connectivity index (χ2v) is 7.69. The quantitative estimate of drug-likeness (QED) is 0.616. The number of sulfonamides is 1. The van der Waals surface area contributed by atoms with Gasteiger partial charge < -0.3 is 4.74 Å². The lowest BCUT2D eigenvalue weighted by molar-refractivity contribution is -0.385. The molecule has 0 aromatic heterocycles. The molecular formula is C17H18N2O5S. The molecule has 25 heavy (non-hydrogen) atoms. The third-order valence-electron chi connectivity index (χ3n) is 4.36. The Morgan fingerprint density at radius 2 is 1.96 bits per heavy atom. The molecule has 0 aliphatic carbocycles. The van der Waals surface area contributed by atoms with Gasteiger partial charge in [0, 0.05) is 18.2 Å². The molecule has 0 amide bonds. The van der Waals surface area contributed by atoms with Gasteiger partial charge in [0.25, 0.3) is 15.7 Å². The smallest absolute Gasteiger partial charge is 0.271 e. The number of nitro groups is 1. The van der Waals surface area contributed by atoms with Crippen molar-refractivity contribution in [1.29, 1.82) is 0 Å². The van der Waals surface area contributed by atoms with Crippen LogP contribution in [0.1, 0.15) is 18.9 Å². The highest BCUT2D eigenvalue weighted by molar-refractivity contribution is 7.93. The van der Waals surface area contributed by atoms with Gasteiger partial charge >= 0.3 is 0 Å². The van der Waals surface area contributed by atoms with Crippen LogP contribution in [-0.2, 0) is 16.4 Å². The van der Waals surface area contributed by atoms with Crippen LogP contribution >= 0.6 is 0 Å². The molecule has 0 N–H and O–H groups in total. The number of hydrogen-bond acceptors (Lipinski definition) is 5. The number of anilines is 1. The fourth-order valence-electron chi connectivity index (χ4n) is 3.11. The standard InChI is InChI=1S/C17H18N2O5S/c1-12-7-8-13-5-3-4-6-15(13)18(12)25(22,23)17-11-14(19(20)21)9-10-16(17)24-2/h3-6,9-12H,7-8H2,1-2H3/t12-/m0/s1. The molecule has 0 fully saturated rings. The first-order valence-electron chi connectivity index (χ1n) is 7.81. The molecule has 2 aromatic carbocycles. The number of ether oxygens (including phenoxy) is 1. The molecule has 1 atom stereocenters. The summed E-state index contributed by atoms with van der Waals surface area (Å²) in [4.78, 5) is 10.3. The van der Waals surface area contributed by atoms with Crippen LogP contribution in [0.15, 0.2) is 47.4 Å². The van der Waals surface area contributed by atoms with Crippen LogP contribution in [0.3, 0.4) is 0 Å². The van der Waals surface area contributed by atoms with Crippen molar-refractivity contribution in [3.8, 4) is 5.75 Å². The van der Waals surface area contributed by atoms with E-state index in [4.69, 9.17) is 4.74 Å². The van der Waals surface area contributed by atoms with Gasteiger partial charge in [-0.25, -0.2) is 8.42 Å². The van der Waals surface area contributed by atoms with Gasteiger partial charge in [-0.3, -0.25) is 14.4 Å². The van der Waals surface area contributed by atoms with E-state index in [1.54, 1.807) is 12.1 Å². The normalized spacial score (nSPS) is 17.0. The Morgan fingerprint density at radius 3 is 2.64 bits per heavy atom. The highest BCUT2D eigenvalue weighted by atomic mass is 32.2. The fraction of sp³-hybridized carbons (Fsp3) is 0.294. The highest BCUT2D eigenvalue weighted by Gasteiger charge is 2.36. The molecule has 8 heteroatoms. The molecule has 0 unspecified atom stereocenters. The van der Waals surface area contributed by atoms with E-state index < -0.39 is 14.9 Å². The first-order valence-corrected chi connectivity index (χ1v) is 9.25. The van der Waals surface area contributed by atoms with Gasteiger partial charge in [-0.2, -0.15) is 0 Å².